The lowest BCUT2D eigenvalue weighted by Crippen LogP contribution is -2.41. The Morgan fingerprint density at radius 3 is 2.59 bits per heavy atom. The summed E-state index contributed by atoms with van der Waals surface area (Å²) in [5.41, 5.74) is 5.85. The quantitative estimate of drug-likeness (QED) is 0.358. The lowest BCUT2D eigenvalue weighted by molar-refractivity contribution is -0.125. The maximum Gasteiger partial charge on any atom is 0.223 e. The number of rotatable bonds is 6. The smallest absolute Gasteiger partial charge is 0.223 e. The van der Waals surface area contributed by atoms with E-state index < -0.39 is 0 Å². The highest BCUT2D eigenvalue weighted by Crippen LogP contribution is 2.28. The fraction of sp³-hybridized carbons (Fsp3) is 0.286. The molecule has 1 aliphatic heterocycles. The zero-order valence-electron chi connectivity index (χ0n) is 19.4. The van der Waals surface area contributed by atoms with Gasteiger partial charge < -0.3 is 14.8 Å². The number of piperidine rings is 1. The molecule has 1 N–H and O–H groups in total. The van der Waals surface area contributed by atoms with Gasteiger partial charge in [0.1, 0.15) is 0 Å². The van der Waals surface area contributed by atoms with Gasteiger partial charge in [0, 0.05) is 30.0 Å². The molecular formula is C28H29BrN4O. The molecule has 0 bridgehead atoms. The average Bonchev–Trinajstić information content (AvgIpc) is 3.22. The lowest BCUT2D eigenvalue weighted by atomic mass is 9.96. The molecule has 0 spiro atoms. The van der Waals surface area contributed by atoms with E-state index in [4.69, 9.17) is 4.98 Å². The number of hydrogen-bond acceptors (Lipinski definition) is 3. The number of fused-ring (bicyclic) bond motifs is 1. The van der Waals surface area contributed by atoms with Crippen molar-refractivity contribution in [1.29, 1.82) is 0 Å². The van der Waals surface area contributed by atoms with E-state index in [2.05, 4.69) is 80.1 Å². The minimum Gasteiger partial charge on any atom is -0.352 e. The number of amides is 1. The van der Waals surface area contributed by atoms with Crippen molar-refractivity contribution in [2.45, 2.75) is 32.9 Å². The van der Waals surface area contributed by atoms with Crippen LogP contribution in [0, 0.1) is 12.8 Å². The number of aromatic nitrogens is 2. The minimum absolute atomic E-state index is 0.0394. The molecule has 5 rings (SSSR count). The fourth-order valence-corrected chi connectivity index (χ4v) is 5.19. The number of imidazole rings is 1. The van der Waals surface area contributed by atoms with E-state index in [1.807, 2.05) is 30.3 Å². The van der Waals surface area contributed by atoms with Gasteiger partial charge in [0.2, 0.25) is 11.9 Å². The summed E-state index contributed by atoms with van der Waals surface area (Å²) in [7, 11) is 0. The van der Waals surface area contributed by atoms with Crippen LogP contribution in [0.15, 0.2) is 77.3 Å². The molecule has 2 heterocycles. The van der Waals surface area contributed by atoms with E-state index in [1.165, 1.54) is 11.1 Å². The van der Waals surface area contributed by atoms with Gasteiger partial charge in [0.25, 0.3) is 0 Å². The van der Waals surface area contributed by atoms with Crippen molar-refractivity contribution in [1.82, 2.24) is 14.9 Å². The Balaban J connectivity index is 1.29. The molecule has 0 unspecified atom stereocenters. The van der Waals surface area contributed by atoms with E-state index in [-0.39, 0.29) is 11.8 Å². The summed E-state index contributed by atoms with van der Waals surface area (Å²) in [6.07, 6.45) is 1.66. The van der Waals surface area contributed by atoms with Crippen LogP contribution in [0.1, 0.15) is 29.5 Å². The van der Waals surface area contributed by atoms with Crippen LogP contribution >= 0.6 is 15.9 Å². The number of anilines is 1. The molecule has 174 valence electrons. The normalized spacial score (nSPS) is 14.5. The topological polar surface area (TPSA) is 50.2 Å². The van der Waals surface area contributed by atoms with Crippen LogP contribution in [0.5, 0.6) is 0 Å². The van der Waals surface area contributed by atoms with Gasteiger partial charge in [0.05, 0.1) is 17.6 Å². The van der Waals surface area contributed by atoms with Crippen LogP contribution in [0.4, 0.5) is 5.95 Å². The Morgan fingerprint density at radius 1 is 1.03 bits per heavy atom. The second-order valence-electron chi connectivity index (χ2n) is 9.02. The first-order valence-electron chi connectivity index (χ1n) is 11.9. The van der Waals surface area contributed by atoms with Gasteiger partial charge in [-0.1, -0.05) is 64.5 Å². The summed E-state index contributed by atoms with van der Waals surface area (Å²) in [6.45, 7) is 5.16. The largest absolute Gasteiger partial charge is 0.352 e. The molecule has 4 aromatic rings. The zero-order valence-corrected chi connectivity index (χ0v) is 21.0. The van der Waals surface area contributed by atoms with Crippen molar-refractivity contribution < 1.29 is 4.79 Å². The first-order chi connectivity index (χ1) is 16.6. The van der Waals surface area contributed by atoms with Crippen LogP contribution in [0.25, 0.3) is 11.0 Å². The first-order valence-corrected chi connectivity index (χ1v) is 12.6. The molecule has 0 radical (unpaired) electrons. The van der Waals surface area contributed by atoms with E-state index in [1.54, 1.807) is 0 Å². The number of aryl methyl sites for hydroxylation is 1. The molecule has 34 heavy (non-hydrogen) atoms. The minimum atomic E-state index is 0.0394. The molecule has 6 heteroatoms. The van der Waals surface area contributed by atoms with E-state index in [9.17, 15) is 4.79 Å². The highest BCUT2D eigenvalue weighted by atomic mass is 79.9. The average molecular weight is 517 g/mol. The molecule has 1 aromatic heterocycles. The van der Waals surface area contributed by atoms with Gasteiger partial charge in [0.15, 0.2) is 0 Å². The van der Waals surface area contributed by atoms with Crippen LogP contribution in [-0.2, 0) is 17.9 Å². The summed E-state index contributed by atoms with van der Waals surface area (Å²) < 4.78 is 3.35. The van der Waals surface area contributed by atoms with Gasteiger partial charge in [-0.3, -0.25) is 4.79 Å². The van der Waals surface area contributed by atoms with Gasteiger partial charge >= 0.3 is 0 Å². The third-order valence-electron chi connectivity index (χ3n) is 6.73. The molecule has 0 atom stereocenters. The van der Waals surface area contributed by atoms with Gasteiger partial charge in [-0.2, -0.15) is 0 Å². The van der Waals surface area contributed by atoms with Crippen molar-refractivity contribution in [2.24, 2.45) is 5.92 Å². The fourth-order valence-electron chi connectivity index (χ4n) is 4.74. The predicted octanol–water partition coefficient (Wildman–Crippen LogP) is 5.69. The van der Waals surface area contributed by atoms with Crippen LogP contribution in [-0.4, -0.2) is 28.5 Å². The Bertz CT molecular complexity index is 1310. The maximum atomic E-state index is 12.8. The molecule has 1 fully saturated rings. The standard InChI is InChI=1S/C28H29BrN4O/c1-20-7-2-3-9-23(20)19-33-26-12-5-4-11-25(26)31-28(33)32-15-13-22(14-16-32)27(34)30-18-21-8-6-10-24(29)17-21/h2-12,17,22H,13-16,18-19H2,1H3,(H,30,34). The van der Waals surface area contributed by atoms with E-state index in [0.29, 0.717) is 6.54 Å². The highest BCUT2D eigenvalue weighted by Gasteiger charge is 2.27. The molecule has 0 saturated carbocycles. The number of para-hydroxylation sites is 2. The number of carbonyl (C=O) groups excluding carboxylic acids is 1. The maximum absolute atomic E-state index is 12.8. The van der Waals surface area contributed by atoms with Crippen molar-refractivity contribution in [2.75, 3.05) is 18.0 Å². The van der Waals surface area contributed by atoms with Gasteiger partial charge in [-0.25, -0.2) is 4.98 Å². The Hall–Kier alpha value is -3.12. The van der Waals surface area contributed by atoms with Crippen LogP contribution in [0.2, 0.25) is 0 Å². The number of benzene rings is 3. The van der Waals surface area contributed by atoms with Crippen molar-refractivity contribution in [3.05, 3.63) is 94.0 Å². The predicted molar refractivity (Wildman–Crippen MR) is 141 cm³/mol. The van der Waals surface area contributed by atoms with Gasteiger partial charge in [-0.05, 0) is 60.7 Å². The molecule has 3 aromatic carbocycles. The first kappa shape index (κ1) is 22.7. The van der Waals surface area contributed by atoms with E-state index in [0.717, 1.165) is 59.5 Å². The van der Waals surface area contributed by atoms with Crippen LogP contribution in [0.3, 0.4) is 0 Å². The number of carbonyl (C=O) groups is 1. The van der Waals surface area contributed by atoms with Crippen molar-refractivity contribution in [3.63, 3.8) is 0 Å². The SMILES string of the molecule is Cc1ccccc1Cn1c(N2CCC(C(=O)NCc3cccc(Br)c3)CC2)nc2ccccc21. The molecule has 5 nitrogen and oxygen atoms in total. The third-order valence-corrected chi connectivity index (χ3v) is 7.22. The summed E-state index contributed by atoms with van der Waals surface area (Å²) in [5.74, 6) is 1.18. The van der Waals surface area contributed by atoms with Crippen molar-refractivity contribution >= 4 is 38.8 Å². The molecule has 1 saturated heterocycles. The molecule has 0 aliphatic carbocycles. The Labute approximate surface area is 208 Å². The second-order valence-corrected chi connectivity index (χ2v) is 9.94. The van der Waals surface area contributed by atoms with Crippen LogP contribution < -0.4 is 10.2 Å². The molecular weight excluding hydrogens is 488 g/mol. The van der Waals surface area contributed by atoms with Crippen molar-refractivity contribution in [3.8, 4) is 0 Å². The number of nitrogens with one attached hydrogen (secondary N) is 1. The number of nitrogens with zero attached hydrogens (tertiary/aromatic N) is 3. The van der Waals surface area contributed by atoms with Gasteiger partial charge in [-0.15, -0.1) is 0 Å². The molecule has 1 aliphatic rings. The zero-order chi connectivity index (χ0) is 23.5. The summed E-state index contributed by atoms with van der Waals surface area (Å²) in [5, 5.41) is 3.12. The lowest BCUT2D eigenvalue weighted by Gasteiger charge is -2.32. The summed E-state index contributed by atoms with van der Waals surface area (Å²) >= 11 is 3.49. The summed E-state index contributed by atoms with van der Waals surface area (Å²) in [6, 6.07) is 24.9. The monoisotopic (exact) mass is 516 g/mol. The number of hydrogen-bond donors (Lipinski definition) is 1. The third kappa shape index (κ3) is 4.87. The summed E-state index contributed by atoms with van der Waals surface area (Å²) in [4.78, 5) is 20.2. The number of halogens is 1. The Kier molecular flexibility index (Phi) is 6.68. The molecule has 1 amide bonds. The second kappa shape index (κ2) is 10.0. The highest BCUT2D eigenvalue weighted by molar-refractivity contribution is 9.10. The van der Waals surface area contributed by atoms with E-state index >= 15 is 0 Å². The Morgan fingerprint density at radius 2 is 1.79 bits per heavy atom.